The average molecular weight is 358 g/mol. The monoisotopic (exact) mass is 358 g/mol. The van der Waals surface area contributed by atoms with Crippen molar-refractivity contribution in [1.29, 1.82) is 0 Å². The van der Waals surface area contributed by atoms with Gasteiger partial charge in [-0.25, -0.2) is 4.39 Å². The molecule has 3 nitrogen and oxygen atoms in total. The highest BCUT2D eigenvalue weighted by Gasteiger charge is 2.30. The second-order valence-electron chi connectivity index (χ2n) is 6.41. The lowest BCUT2D eigenvalue weighted by atomic mass is 9.89. The van der Waals surface area contributed by atoms with E-state index in [1.165, 1.54) is 11.6 Å². The normalized spacial score (nSPS) is 20.2. The Morgan fingerprint density at radius 1 is 1.24 bits per heavy atom. The van der Waals surface area contributed by atoms with E-state index in [9.17, 15) is 4.39 Å². The van der Waals surface area contributed by atoms with Crippen LogP contribution in [-0.2, 0) is 12.0 Å². The number of aryl methyl sites for hydroxylation is 1. The molecule has 1 unspecified atom stereocenters. The van der Waals surface area contributed by atoms with Gasteiger partial charge in [0.05, 0.1) is 12.1 Å². The van der Waals surface area contributed by atoms with Gasteiger partial charge in [-0.3, -0.25) is 4.99 Å². The van der Waals surface area contributed by atoms with Crippen LogP contribution in [0.4, 0.5) is 4.39 Å². The average Bonchev–Trinajstić information content (AvgIpc) is 2.60. The molecule has 2 aromatic carbocycles. The molecule has 1 atom stereocenters. The van der Waals surface area contributed by atoms with Crippen LogP contribution in [0.15, 0.2) is 53.5 Å². The zero-order chi connectivity index (χ0) is 17.7. The van der Waals surface area contributed by atoms with Gasteiger partial charge in [-0.05, 0) is 49.4 Å². The number of benzene rings is 2. The number of nitrogens with two attached hydrogens (primary N) is 1. The van der Waals surface area contributed by atoms with E-state index in [0.29, 0.717) is 17.5 Å². The standard InChI is InChI=1S/C20H23FN2OS/c1-20(11-13-25-19(22)23-20)16-9-10-17(21)18(14-16)24-12-5-8-15-6-3-2-4-7-15/h2-4,6-7,9-10,14H,5,8,11-13H2,1H3,(H2,22,23). The maximum Gasteiger partial charge on any atom is 0.165 e. The van der Waals surface area contributed by atoms with Gasteiger partial charge in [-0.2, -0.15) is 0 Å². The number of thioether (sulfide) groups is 1. The van der Waals surface area contributed by atoms with Crippen molar-refractivity contribution in [2.75, 3.05) is 12.4 Å². The zero-order valence-electron chi connectivity index (χ0n) is 14.4. The first-order valence-electron chi connectivity index (χ1n) is 8.52. The van der Waals surface area contributed by atoms with E-state index in [-0.39, 0.29) is 5.82 Å². The molecule has 0 bridgehead atoms. The SMILES string of the molecule is CC1(c2ccc(F)c(OCCCc3ccccc3)c2)CCSC(N)=N1. The highest BCUT2D eigenvalue weighted by atomic mass is 32.2. The molecule has 132 valence electrons. The predicted molar refractivity (Wildman–Crippen MR) is 103 cm³/mol. The first-order chi connectivity index (χ1) is 12.1. The van der Waals surface area contributed by atoms with Gasteiger partial charge < -0.3 is 10.5 Å². The molecule has 0 fully saturated rings. The van der Waals surface area contributed by atoms with Gasteiger partial charge in [0.15, 0.2) is 16.7 Å². The lowest BCUT2D eigenvalue weighted by Crippen LogP contribution is -2.28. The van der Waals surface area contributed by atoms with Gasteiger partial charge in [0.1, 0.15) is 0 Å². The minimum Gasteiger partial charge on any atom is -0.490 e. The maximum absolute atomic E-state index is 14.1. The van der Waals surface area contributed by atoms with Crippen molar-refractivity contribution in [2.24, 2.45) is 10.7 Å². The van der Waals surface area contributed by atoms with E-state index in [2.05, 4.69) is 17.1 Å². The zero-order valence-corrected chi connectivity index (χ0v) is 15.2. The van der Waals surface area contributed by atoms with Gasteiger partial charge in [0.25, 0.3) is 0 Å². The predicted octanol–water partition coefficient (Wildman–Crippen LogP) is 4.50. The van der Waals surface area contributed by atoms with Crippen LogP contribution >= 0.6 is 11.8 Å². The summed E-state index contributed by atoms with van der Waals surface area (Å²) in [5.41, 5.74) is 7.67. The van der Waals surface area contributed by atoms with Crippen molar-refractivity contribution in [2.45, 2.75) is 31.7 Å². The Labute approximate surface area is 152 Å². The van der Waals surface area contributed by atoms with Crippen LogP contribution in [0.25, 0.3) is 0 Å². The van der Waals surface area contributed by atoms with E-state index in [1.54, 1.807) is 23.9 Å². The van der Waals surface area contributed by atoms with Crippen molar-refractivity contribution in [1.82, 2.24) is 0 Å². The molecule has 25 heavy (non-hydrogen) atoms. The molecular formula is C20H23FN2OS. The molecule has 0 aromatic heterocycles. The van der Waals surface area contributed by atoms with Crippen LogP contribution in [0.2, 0.25) is 0 Å². The summed E-state index contributed by atoms with van der Waals surface area (Å²) in [5.74, 6) is 0.865. The van der Waals surface area contributed by atoms with Crippen molar-refractivity contribution >= 4 is 16.9 Å². The highest BCUT2D eigenvalue weighted by Crippen LogP contribution is 2.36. The Kier molecular flexibility index (Phi) is 5.63. The molecule has 0 radical (unpaired) electrons. The molecular weight excluding hydrogens is 335 g/mol. The topological polar surface area (TPSA) is 47.6 Å². The molecule has 5 heteroatoms. The Balaban J connectivity index is 1.65. The molecule has 3 rings (SSSR count). The number of rotatable bonds is 6. The lowest BCUT2D eigenvalue weighted by molar-refractivity contribution is 0.294. The number of hydrogen-bond acceptors (Lipinski definition) is 4. The lowest BCUT2D eigenvalue weighted by Gasteiger charge is -2.30. The number of ether oxygens (including phenoxy) is 1. The number of nitrogens with zero attached hydrogens (tertiary/aromatic N) is 1. The number of aliphatic imine (C=N–C) groups is 1. The largest absolute Gasteiger partial charge is 0.490 e. The molecule has 0 spiro atoms. The molecule has 0 aliphatic carbocycles. The van der Waals surface area contributed by atoms with Crippen molar-refractivity contribution in [3.05, 3.63) is 65.5 Å². The van der Waals surface area contributed by atoms with Crippen LogP contribution in [-0.4, -0.2) is 17.5 Å². The van der Waals surface area contributed by atoms with Crippen LogP contribution in [0, 0.1) is 5.82 Å². The van der Waals surface area contributed by atoms with E-state index >= 15 is 0 Å². The van der Waals surface area contributed by atoms with Gasteiger partial charge in [-0.1, -0.05) is 48.2 Å². The third-order valence-electron chi connectivity index (χ3n) is 4.46. The molecule has 1 aliphatic rings. The molecule has 2 N–H and O–H groups in total. The second-order valence-corrected chi connectivity index (χ2v) is 7.52. The molecule has 0 saturated carbocycles. The molecule has 0 saturated heterocycles. The van der Waals surface area contributed by atoms with E-state index in [1.807, 2.05) is 25.1 Å². The first-order valence-corrected chi connectivity index (χ1v) is 9.50. The Morgan fingerprint density at radius 3 is 2.80 bits per heavy atom. The molecule has 0 amide bonds. The highest BCUT2D eigenvalue weighted by molar-refractivity contribution is 8.13. The van der Waals surface area contributed by atoms with Crippen LogP contribution in [0.1, 0.15) is 30.9 Å². The number of amidine groups is 1. The summed E-state index contributed by atoms with van der Waals surface area (Å²) >= 11 is 1.56. The van der Waals surface area contributed by atoms with Gasteiger partial charge in [0, 0.05) is 5.75 Å². The van der Waals surface area contributed by atoms with E-state index in [0.717, 1.165) is 30.6 Å². The van der Waals surface area contributed by atoms with Gasteiger partial charge >= 0.3 is 0 Å². The summed E-state index contributed by atoms with van der Waals surface area (Å²) in [7, 11) is 0. The molecule has 2 aromatic rings. The maximum atomic E-state index is 14.1. The molecule has 1 heterocycles. The van der Waals surface area contributed by atoms with Crippen LogP contribution in [0.5, 0.6) is 5.75 Å². The summed E-state index contributed by atoms with van der Waals surface area (Å²) in [6.45, 7) is 2.51. The first kappa shape index (κ1) is 17.8. The quantitative estimate of drug-likeness (QED) is 0.773. The van der Waals surface area contributed by atoms with E-state index in [4.69, 9.17) is 10.5 Å². The third kappa shape index (κ3) is 4.54. The molecule has 1 aliphatic heterocycles. The van der Waals surface area contributed by atoms with Crippen LogP contribution in [0.3, 0.4) is 0 Å². The van der Waals surface area contributed by atoms with Crippen molar-refractivity contribution in [3.8, 4) is 5.75 Å². The minimum absolute atomic E-state index is 0.291. The summed E-state index contributed by atoms with van der Waals surface area (Å²) in [6, 6.07) is 15.2. The van der Waals surface area contributed by atoms with E-state index < -0.39 is 5.54 Å². The third-order valence-corrected chi connectivity index (χ3v) is 5.25. The van der Waals surface area contributed by atoms with Crippen molar-refractivity contribution < 1.29 is 9.13 Å². The van der Waals surface area contributed by atoms with Crippen molar-refractivity contribution in [3.63, 3.8) is 0 Å². The Bertz CT molecular complexity index is 751. The number of hydrogen-bond donors (Lipinski definition) is 1. The fraction of sp³-hybridized carbons (Fsp3) is 0.350. The summed E-state index contributed by atoms with van der Waals surface area (Å²) in [4.78, 5) is 4.57. The van der Waals surface area contributed by atoms with Crippen LogP contribution < -0.4 is 10.5 Å². The van der Waals surface area contributed by atoms with Gasteiger partial charge in [-0.15, -0.1) is 0 Å². The smallest absolute Gasteiger partial charge is 0.165 e. The second kappa shape index (κ2) is 7.91. The fourth-order valence-electron chi connectivity index (χ4n) is 2.95. The fourth-order valence-corrected chi connectivity index (χ4v) is 3.92. The minimum atomic E-state index is -0.412. The summed E-state index contributed by atoms with van der Waals surface area (Å²) < 4.78 is 19.8. The Morgan fingerprint density at radius 2 is 2.04 bits per heavy atom. The number of halogens is 1. The summed E-state index contributed by atoms with van der Waals surface area (Å²) in [5, 5.41) is 0.586. The Hall–Kier alpha value is -2.01. The summed E-state index contributed by atoms with van der Waals surface area (Å²) in [6.07, 6.45) is 2.63. The van der Waals surface area contributed by atoms with Gasteiger partial charge in [0.2, 0.25) is 0 Å².